The molecule has 1 unspecified atom stereocenters. The van der Waals surface area contributed by atoms with Crippen molar-refractivity contribution in [2.75, 3.05) is 7.05 Å². The Balaban J connectivity index is 2.17. The average molecular weight is 403 g/mol. The number of amides is 1. The Hall–Kier alpha value is -2.83. The fourth-order valence-electron chi connectivity index (χ4n) is 3.73. The highest BCUT2D eigenvalue weighted by atomic mass is 19.1. The monoisotopic (exact) mass is 403 g/mol. The molecule has 1 aliphatic heterocycles. The smallest absolute Gasteiger partial charge is 0.239 e. The number of nitrogens with two attached hydrogens (primary N) is 1. The lowest BCUT2D eigenvalue weighted by molar-refractivity contribution is -0.130. The number of aliphatic imine (C=N–C) groups is 1. The van der Waals surface area contributed by atoms with Gasteiger partial charge in [-0.05, 0) is 37.5 Å². The number of carbonyl (C=O) groups excluding carboxylic acids is 1. The molecule has 0 aromatic heterocycles. The van der Waals surface area contributed by atoms with Crippen molar-refractivity contribution in [1.29, 1.82) is 0 Å². The van der Waals surface area contributed by atoms with Gasteiger partial charge in [0, 0.05) is 18.7 Å². The van der Waals surface area contributed by atoms with Crippen LogP contribution in [0.1, 0.15) is 49.8 Å². The van der Waals surface area contributed by atoms with Crippen molar-refractivity contribution in [1.82, 2.24) is 4.90 Å². The van der Waals surface area contributed by atoms with Crippen molar-refractivity contribution in [3.63, 3.8) is 0 Å². The van der Waals surface area contributed by atoms with Crippen LogP contribution in [0.4, 0.5) is 13.2 Å². The number of guanidine groups is 1. The zero-order valence-corrected chi connectivity index (χ0v) is 16.8. The minimum atomic E-state index is -1.50. The van der Waals surface area contributed by atoms with E-state index in [2.05, 4.69) is 4.99 Å². The maximum atomic E-state index is 14.7. The predicted octanol–water partition coefficient (Wildman–Crippen LogP) is 4.35. The maximum Gasteiger partial charge on any atom is 0.239 e. The van der Waals surface area contributed by atoms with E-state index in [4.69, 9.17) is 5.73 Å². The zero-order valence-electron chi connectivity index (χ0n) is 16.8. The first-order valence-corrected chi connectivity index (χ1v) is 9.39. The lowest BCUT2D eigenvalue weighted by Crippen LogP contribution is -2.52. The largest absolute Gasteiger partial charge is 0.369 e. The second kappa shape index (κ2) is 7.21. The van der Waals surface area contributed by atoms with E-state index >= 15 is 0 Å². The molecule has 0 spiro atoms. The molecule has 0 saturated heterocycles. The van der Waals surface area contributed by atoms with Crippen LogP contribution in [0, 0.1) is 11.6 Å². The fourth-order valence-corrected chi connectivity index (χ4v) is 3.73. The first-order valence-electron chi connectivity index (χ1n) is 9.39. The normalized spacial score (nSPS) is 24.2. The van der Waals surface area contributed by atoms with Gasteiger partial charge < -0.3 is 5.73 Å². The Labute approximate surface area is 168 Å². The summed E-state index contributed by atoms with van der Waals surface area (Å²) in [6.07, 6.45) is 0.302. The molecule has 1 aliphatic rings. The molecule has 1 heterocycles. The summed E-state index contributed by atoms with van der Waals surface area (Å²) in [6, 6.07) is 9.69. The van der Waals surface area contributed by atoms with Crippen LogP contribution in [-0.2, 0) is 16.0 Å². The highest BCUT2D eigenvalue weighted by molar-refractivity contribution is 6.02. The van der Waals surface area contributed by atoms with Gasteiger partial charge in [0.05, 0.1) is 5.92 Å². The van der Waals surface area contributed by atoms with Gasteiger partial charge in [0.2, 0.25) is 5.91 Å². The van der Waals surface area contributed by atoms with Crippen LogP contribution >= 0.6 is 0 Å². The van der Waals surface area contributed by atoms with Gasteiger partial charge in [-0.1, -0.05) is 37.3 Å². The molecule has 2 aromatic rings. The minimum absolute atomic E-state index is 0.0567. The summed E-state index contributed by atoms with van der Waals surface area (Å²) in [5, 5.41) is 0. The fraction of sp³-hybridized carbons (Fsp3) is 0.364. The number of hydrogen-bond acceptors (Lipinski definition) is 3. The molecule has 154 valence electrons. The van der Waals surface area contributed by atoms with E-state index < -0.39 is 28.8 Å². The van der Waals surface area contributed by atoms with Crippen LogP contribution < -0.4 is 5.73 Å². The summed E-state index contributed by atoms with van der Waals surface area (Å²) >= 11 is 0. The van der Waals surface area contributed by atoms with Gasteiger partial charge in [-0.3, -0.25) is 9.69 Å². The van der Waals surface area contributed by atoms with Gasteiger partial charge in [0.25, 0.3) is 0 Å². The highest BCUT2D eigenvalue weighted by Gasteiger charge is 2.48. The van der Waals surface area contributed by atoms with Crippen LogP contribution in [0.3, 0.4) is 0 Å². The maximum absolute atomic E-state index is 14.7. The lowest BCUT2D eigenvalue weighted by atomic mass is 9.74. The molecule has 4 nitrogen and oxygen atoms in total. The van der Waals surface area contributed by atoms with Crippen molar-refractivity contribution in [3.8, 4) is 0 Å². The molecule has 0 aliphatic carbocycles. The number of likely N-dealkylation sites (N-methyl/N-ethyl adjacent to an activating group) is 1. The SMILES string of the molecule is CCC(C)(F)c1ccc([C@@H]2C(=O)N(C)C(N)=N[C@]2(C)c2ccc(F)cc2F)cc1. The third-order valence-corrected chi connectivity index (χ3v) is 5.82. The first kappa shape index (κ1) is 20.9. The predicted molar refractivity (Wildman–Crippen MR) is 106 cm³/mol. The summed E-state index contributed by atoms with van der Waals surface area (Å²) in [5.74, 6) is -2.90. The molecule has 2 aromatic carbocycles. The van der Waals surface area contributed by atoms with E-state index in [0.717, 1.165) is 12.1 Å². The van der Waals surface area contributed by atoms with Crippen LogP contribution in [0.15, 0.2) is 47.5 Å². The van der Waals surface area contributed by atoms with E-state index in [1.165, 1.54) is 24.9 Å². The summed E-state index contributed by atoms with van der Waals surface area (Å²) in [7, 11) is 1.48. The average Bonchev–Trinajstić information content (AvgIpc) is 2.66. The summed E-state index contributed by atoms with van der Waals surface area (Å²) < 4.78 is 42.7. The van der Waals surface area contributed by atoms with Gasteiger partial charge in [-0.2, -0.15) is 0 Å². The molecular formula is C22H24F3N3O. The van der Waals surface area contributed by atoms with Crippen LogP contribution in [-0.4, -0.2) is 23.8 Å². The van der Waals surface area contributed by atoms with Crippen molar-refractivity contribution < 1.29 is 18.0 Å². The first-order chi connectivity index (χ1) is 13.5. The number of carbonyl (C=O) groups is 1. The molecule has 0 fully saturated rings. The molecule has 2 N–H and O–H groups in total. The Morgan fingerprint density at radius 2 is 1.83 bits per heavy atom. The molecule has 0 bridgehead atoms. The number of benzene rings is 2. The quantitative estimate of drug-likeness (QED) is 0.825. The Morgan fingerprint density at radius 3 is 2.38 bits per heavy atom. The van der Waals surface area contributed by atoms with Crippen molar-refractivity contribution >= 4 is 11.9 Å². The topological polar surface area (TPSA) is 58.7 Å². The van der Waals surface area contributed by atoms with Crippen LogP contribution in [0.25, 0.3) is 0 Å². The number of alkyl halides is 1. The molecule has 3 rings (SSSR count). The van der Waals surface area contributed by atoms with E-state index in [-0.39, 0.29) is 17.4 Å². The zero-order chi connectivity index (χ0) is 21.6. The van der Waals surface area contributed by atoms with Gasteiger partial charge in [-0.25, -0.2) is 18.2 Å². The molecule has 7 heteroatoms. The van der Waals surface area contributed by atoms with Crippen molar-refractivity contribution in [2.45, 2.75) is 44.3 Å². The summed E-state index contributed by atoms with van der Waals surface area (Å²) in [5.41, 5.74) is 4.10. The molecule has 1 amide bonds. The van der Waals surface area contributed by atoms with Crippen molar-refractivity contribution in [3.05, 3.63) is 70.8 Å². The third kappa shape index (κ3) is 3.50. The van der Waals surface area contributed by atoms with Gasteiger partial charge >= 0.3 is 0 Å². The number of rotatable bonds is 4. The third-order valence-electron chi connectivity index (χ3n) is 5.82. The Kier molecular flexibility index (Phi) is 5.19. The van der Waals surface area contributed by atoms with Gasteiger partial charge in [-0.15, -0.1) is 0 Å². The number of hydrogen-bond donors (Lipinski definition) is 1. The summed E-state index contributed by atoms with van der Waals surface area (Å²) in [6.45, 7) is 4.83. The van der Waals surface area contributed by atoms with Crippen molar-refractivity contribution in [2.24, 2.45) is 10.7 Å². The lowest BCUT2D eigenvalue weighted by Gasteiger charge is -2.41. The standard InChI is InChI=1S/C22H24F3N3O/c1-5-21(2,25)14-8-6-13(7-9-14)18-19(29)28(4)20(26)27-22(18,3)16-11-10-15(23)12-17(16)24/h6-12,18H,5H2,1-4H3,(H2,26,27)/t18-,21?,22-/m1/s1. The highest BCUT2D eigenvalue weighted by Crippen LogP contribution is 2.45. The van der Waals surface area contributed by atoms with Gasteiger partial charge in [0.1, 0.15) is 22.8 Å². The van der Waals surface area contributed by atoms with E-state index in [1.54, 1.807) is 38.1 Å². The van der Waals surface area contributed by atoms with E-state index in [9.17, 15) is 18.0 Å². The van der Waals surface area contributed by atoms with Crippen LogP contribution in [0.5, 0.6) is 0 Å². The molecule has 0 saturated carbocycles. The summed E-state index contributed by atoms with van der Waals surface area (Å²) in [4.78, 5) is 18.8. The second-order valence-electron chi connectivity index (χ2n) is 7.74. The van der Waals surface area contributed by atoms with Crippen LogP contribution in [0.2, 0.25) is 0 Å². The molecule has 0 radical (unpaired) electrons. The van der Waals surface area contributed by atoms with E-state index in [1.807, 2.05) is 0 Å². The Bertz CT molecular complexity index is 972. The van der Waals surface area contributed by atoms with Gasteiger partial charge in [0.15, 0.2) is 5.96 Å². The number of halogens is 3. The van der Waals surface area contributed by atoms with E-state index in [0.29, 0.717) is 17.5 Å². The minimum Gasteiger partial charge on any atom is -0.369 e. The molecule has 29 heavy (non-hydrogen) atoms. The number of nitrogens with zero attached hydrogens (tertiary/aromatic N) is 2. The Morgan fingerprint density at radius 1 is 1.21 bits per heavy atom. The molecule has 3 atom stereocenters. The second-order valence-corrected chi connectivity index (χ2v) is 7.74. The molecular weight excluding hydrogens is 379 g/mol.